The van der Waals surface area contributed by atoms with E-state index in [4.69, 9.17) is 5.84 Å². The van der Waals surface area contributed by atoms with Crippen molar-refractivity contribution in [2.45, 2.75) is 26.3 Å². The van der Waals surface area contributed by atoms with Crippen molar-refractivity contribution < 1.29 is 0 Å². The molecule has 0 aliphatic carbocycles. The number of nitrogens with zero attached hydrogens (tertiary/aromatic N) is 2. The molecule has 0 aliphatic heterocycles. The largest absolute Gasteiger partial charge is 0.276 e. The van der Waals surface area contributed by atoms with Gasteiger partial charge in [0.15, 0.2) is 0 Å². The minimum absolute atomic E-state index is 0.301. The Bertz CT molecular complexity index is 254. The summed E-state index contributed by atoms with van der Waals surface area (Å²) in [6.45, 7) is 4.29. The van der Waals surface area contributed by atoms with Crippen LogP contribution in [0.5, 0.6) is 0 Å². The standard InChI is InChI=1S/C9H18N4/c1-7(2)9(11-10)6-8-4-5-13(3)12-8/h4-5,7,9,11H,6,10H2,1-3H3. The molecule has 3 N–H and O–H groups in total. The molecule has 4 heteroatoms. The van der Waals surface area contributed by atoms with Crippen LogP contribution < -0.4 is 11.3 Å². The van der Waals surface area contributed by atoms with Crippen molar-refractivity contribution >= 4 is 0 Å². The van der Waals surface area contributed by atoms with E-state index in [1.54, 1.807) is 0 Å². The predicted molar refractivity (Wildman–Crippen MR) is 52.9 cm³/mol. The first-order valence-electron chi connectivity index (χ1n) is 4.58. The van der Waals surface area contributed by atoms with Crippen LogP contribution in [0.4, 0.5) is 0 Å². The molecule has 0 aliphatic rings. The fourth-order valence-electron chi connectivity index (χ4n) is 1.28. The minimum atomic E-state index is 0.301. The first kappa shape index (κ1) is 10.2. The average Bonchev–Trinajstić information content (AvgIpc) is 2.46. The van der Waals surface area contributed by atoms with E-state index >= 15 is 0 Å². The van der Waals surface area contributed by atoms with Crippen molar-refractivity contribution in [1.82, 2.24) is 15.2 Å². The summed E-state index contributed by atoms with van der Waals surface area (Å²) in [7, 11) is 1.92. The lowest BCUT2D eigenvalue weighted by Gasteiger charge is -2.18. The molecule has 0 fully saturated rings. The van der Waals surface area contributed by atoms with Crippen molar-refractivity contribution in [3.8, 4) is 0 Å². The van der Waals surface area contributed by atoms with Gasteiger partial charge in [-0.1, -0.05) is 13.8 Å². The van der Waals surface area contributed by atoms with Gasteiger partial charge in [0, 0.05) is 25.7 Å². The minimum Gasteiger partial charge on any atom is -0.276 e. The maximum atomic E-state index is 5.44. The topological polar surface area (TPSA) is 55.9 Å². The Morgan fingerprint density at radius 1 is 1.62 bits per heavy atom. The van der Waals surface area contributed by atoms with E-state index in [0.29, 0.717) is 12.0 Å². The molecular weight excluding hydrogens is 164 g/mol. The molecule has 1 aromatic heterocycles. The molecule has 0 bridgehead atoms. The molecule has 1 unspecified atom stereocenters. The molecule has 74 valence electrons. The lowest BCUT2D eigenvalue weighted by Crippen LogP contribution is -2.40. The van der Waals surface area contributed by atoms with E-state index in [2.05, 4.69) is 24.4 Å². The normalized spacial score (nSPS) is 13.6. The third kappa shape index (κ3) is 2.82. The summed E-state index contributed by atoms with van der Waals surface area (Å²) < 4.78 is 1.81. The molecule has 0 radical (unpaired) electrons. The third-order valence-corrected chi connectivity index (χ3v) is 2.22. The van der Waals surface area contributed by atoms with Gasteiger partial charge in [-0.3, -0.25) is 16.0 Å². The molecule has 0 spiro atoms. The Morgan fingerprint density at radius 2 is 2.31 bits per heavy atom. The maximum absolute atomic E-state index is 5.44. The van der Waals surface area contributed by atoms with Crippen LogP contribution in [-0.4, -0.2) is 15.8 Å². The Kier molecular flexibility index (Phi) is 3.45. The fourth-order valence-corrected chi connectivity index (χ4v) is 1.28. The van der Waals surface area contributed by atoms with Gasteiger partial charge in [-0.2, -0.15) is 5.10 Å². The van der Waals surface area contributed by atoms with Crippen molar-refractivity contribution in [3.63, 3.8) is 0 Å². The second-order valence-electron chi connectivity index (χ2n) is 3.70. The van der Waals surface area contributed by atoms with Crippen molar-refractivity contribution in [1.29, 1.82) is 0 Å². The Balaban J connectivity index is 2.56. The summed E-state index contributed by atoms with van der Waals surface area (Å²) in [5.74, 6) is 5.96. The van der Waals surface area contributed by atoms with E-state index in [1.165, 1.54) is 0 Å². The molecule has 1 heterocycles. The molecule has 1 atom stereocenters. The first-order chi connectivity index (χ1) is 6.13. The van der Waals surface area contributed by atoms with Crippen LogP contribution in [0.25, 0.3) is 0 Å². The zero-order valence-corrected chi connectivity index (χ0v) is 8.49. The van der Waals surface area contributed by atoms with E-state index in [-0.39, 0.29) is 0 Å². The van der Waals surface area contributed by atoms with Crippen LogP contribution in [0.15, 0.2) is 12.3 Å². The molecule has 0 aromatic carbocycles. The van der Waals surface area contributed by atoms with E-state index < -0.39 is 0 Å². The van der Waals surface area contributed by atoms with Crippen LogP contribution >= 0.6 is 0 Å². The summed E-state index contributed by atoms with van der Waals surface area (Å²) in [5.41, 5.74) is 3.89. The summed E-state index contributed by atoms with van der Waals surface area (Å²) in [6, 6.07) is 2.32. The predicted octanol–water partition coefficient (Wildman–Crippen LogP) is 0.451. The van der Waals surface area contributed by atoms with Gasteiger partial charge >= 0.3 is 0 Å². The van der Waals surface area contributed by atoms with Crippen molar-refractivity contribution in [2.75, 3.05) is 0 Å². The monoisotopic (exact) mass is 182 g/mol. The fraction of sp³-hybridized carbons (Fsp3) is 0.667. The van der Waals surface area contributed by atoms with E-state index in [0.717, 1.165) is 12.1 Å². The Morgan fingerprint density at radius 3 is 2.69 bits per heavy atom. The summed E-state index contributed by atoms with van der Waals surface area (Å²) in [4.78, 5) is 0. The summed E-state index contributed by atoms with van der Waals surface area (Å²) >= 11 is 0. The first-order valence-corrected chi connectivity index (χ1v) is 4.58. The van der Waals surface area contributed by atoms with Gasteiger partial charge in [-0.25, -0.2) is 0 Å². The van der Waals surface area contributed by atoms with Gasteiger partial charge in [0.2, 0.25) is 0 Å². The number of nitrogens with one attached hydrogen (secondary N) is 1. The highest BCUT2D eigenvalue weighted by atomic mass is 15.3. The van der Waals surface area contributed by atoms with Crippen LogP contribution in [0, 0.1) is 5.92 Å². The van der Waals surface area contributed by atoms with Crippen LogP contribution in [0.1, 0.15) is 19.5 Å². The molecule has 1 rings (SSSR count). The number of aromatic nitrogens is 2. The number of hydrazine groups is 1. The van der Waals surface area contributed by atoms with Crippen LogP contribution in [0.3, 0.4) is 0 Å². The van der Waals surface area contributed by atoms with Gasteiger partial charge < -0.3 is 0 Å². The number of nitrogens with two attached hydrogens (primary N) is 1. The zero-order chi connectivity index (χ0) is 9.84. The number of rotatable bonds is 4. The average molecular weight is 182 g/mol. The van der Waals surface area contributed by atoms with Gasteiger partial charge in [-0.15, -0.1) is 0 Å². The van der Waals surface area contributed by atoms with E-state index in [1.807, 2.05) is 24.0 Å². The number of hydrogen-bond acceptors (Lipinski definition) is 3. The molecule has 13 heavy (non-hydrogen) atoms. The summed E-state index contributed by atoms with van der Waals surface area (Å²) in [5, 5.41) is 4.30. The van der Waals surface area contributed by atoms with Gasteiger partial charge in [0.25, 0.3) is 0 Å². The summed E-state index contributed by atoms with van der Waals surface area (Å²) in [6.07, 6.45) is 2.83. The molecule has 0 amide bonds. The quantitative estimate of drug-likeness (QED) is 0.525. The lowest BCUT2D eigenvalue weighted by molar-refractivity contribution is 0.400. The van der Waals surface area contributed by atoms with Crippen LogP contribution in [-0.2, 0) is 13.5 Å². The highest BCUT2D eigenvalue weighted by molar-refractivity contribution is 5.01. The molecule has 4 nitrogen and oxygen atoms in total. The van der Waals surface area contributed by atoms with Crippen molar-refractivity contribution in [2.24, 2.45) is 18.8 Å². The highest BCUT2D eigenvalue weighted by Crippen LogP contribution is 2.07. The highest BCUT2D eigenvalue weighted by Gasteiger charge is 2.12. The number of aryl methyl sites for hydroxylation is 1. The van der Waals surface area contributed by atoms with Gasteiger partial charge in [-0.05, 0) is 12.0 Å². The molecular formula is C9H18N4. The molecule has 1 aromatic rings. The molecule has 0 saturated heterocycles. The maximum Gasteiger partial charge on any atom is 0.0640 e. The lowest BCUT2D eigenvalue weighted by atomic mass is 10.0. The second-order valence-corrected chi connectivity index (χ2v) is 3.70. The second kappa shape index (κ2) is 4.39. The SMILES string of the molecule is CC(C)C(Cc1ccn(C)n1)NN. The van der Waals surface area contributed by atoms with Crippen molar-refractivity contribution in [3.05, 3.63) is 18.0 Å². The molecule has 0 saturated carbocycles. The Labute approximate surface area is 79.1 Å². The van der Waals surface area contributed by atoms with Crippen LogP contribution in [0.2, 0.25) is 0 Å². The number of hydrogen-bond donors (Lipinski definition) is 2. The third-order valence-electron chi connectivity index (χ3n) is 2.22. The van der Waals surface area contributed by atoms with Gasteiger partial charge in [0.1, 0.15) is 0 Å². The van der Waals surface area contributed by atoms with Gasteiger partial charge in [0.05, 0.1) is 5.69 Å². The zero-order valence-electron chi connectivity index (χ0n) is 8.49. The smallest absolute Gasteiger partial charge is 0.0640 e. The Hall–Kier alpha value is -0.870. The van der Waals surface area contributed by atoms with E-state index in [9.17, 15) is 0 Å².